The summed E-state index contributed by atoms with van der Waals surface area (Å²) >= 11 is 1.56. The topological polar surface area (TPSA) is 70.0 Å². The lowest BCUT2D eigenvalue weighted by Gasteiger charge is -2.30. The Hall–Kier alpha value is -1.18. The Morgan fingerprint density at radius 1 is 1.45 bits per heavy atom. The van der Waals surface area contributed by atoms with Crippen molar-refractivity contribution in [1.82, 2.24) is 4.90 Å². The van der Waals surface area contributed by atoms with E-state index in [4.69, 9.17) is 4.65 Å². The van der Waals surface area contributed by atoms with Crippen molar-refractivity contribution < 1.29 is 19.6 Å². The summed E-state index contributed by atoms with van der Waals surface area (Å²) in [6.45, 7) is 3.28. The first-order chi connectivity index (χ1) is 10.6. The van der Waals surface area contributed by atoms with Gasteiger partial charge in [-0.3, -0.25) is 0 Å². The van der Waals surface area contributed by atoms with Crippen molar-refractivity contribution in [3.63, 3.8) is 0 Å². The van der Waals surface area contributed by atoms with Crippen LogP contribution in [0.3, 0.4) is 0 Å². The zero-order valence-electron chi connectivity index (χ0n) is 12.2. The lowest BCUT2D eigenvalue weighted by Crippen LogP contribution is -2.38. The van der Waals surface area contributed by atoms with Crippen molar-refractivity contribution in [2.24, 2.45) is 0 Å². The number of hydrogen-bond acceptors (Lipinski definition) is 5. The Labute approximate surface area is 133 Å². The molecule has 2 unspecified atom stereocenters. The molecular formula is C15H18BNO4S. The van der Waals surface area contributed by atoms with Crippen LogP contribution < -0.4 is 4.65 Å². The van der Waals surface area contributed by atoms with Gasteiger partial charge in [-0.05, 0) is 43.5 Å². The third kappa shape index (κ3) is 2.41. The summed E-state index contributed by atoms with van der Waals surface area (Å²) < 4.78 is 5.53. The molecule has 7 heteroatoms. The maximum Gasteiger partial charge on any atom is 0.526 e. The minimum atomic E-state index is -0.977. The third-order valence-electron chi connectivity index (χ3n) is 4.82. The number of fused-ring (bicyclic) bond motifs is 3. The molecule has 0 bridgehead atoms. The number of hydrogen-bond donors (Lipinski definition) is 2. The number of likely N-dealkylation sites (tertiary alicyclic amines) is 1. The highest BCUT2D eigenvalue weighted by atomic mass is 32.2. The number of nitrogens with zero attached hydrogens (tertiary/aromatic N) is 1. The first-order valence-corrected chi connectivity index (χ1v) is 8.74. The molecule has 4 rings (SSSR count). The first-order valence-electron chi connectivity index (χ1n) is 7.75. The van der Waals surface area contributed by atoms with E-state index in [0.29, 0.717) is 5.75 Å². The molecule has 2 aliphatic heterocycles. The third-order valence-corrected chi connectivity index (χ3v) is 5.86. The average molecular weight is 319 g/mol. The van der Waals surface area contributed by atoms with E-state index in [-0.39, 0.29) is 17.3 Å². The van der Waals surface area contributed by atoms with Crippen LogP contribution in [-0.2, 0) is 0 Å². The van der Waals surface area contributed by atoms with Crippen molar-refractivity contribution >= 4 is 24.8 Å². The van der Waals surface area contributed by atoms with Crippen molar-refractivity contribution in [3.05, 3.63) is 23.3 Å². The molecule has 2 N–H and O–H groups in total. The van der Waals surface area contributed by atoms with Crippen LogP contribution in [0, 0.1) is 0 Å². The molecule has 1 aliphatic carbocycles. The van der Waals surface area contributed by atoms with Gasteiger partial charge in [0.05, 0.1) is 0 Å². The van der Waals surface area contributed by atoms with Gasteiger partial charge in [-0.25, -0.2) is 4.79 Å². The minimum absolute atomic E-state index is 0.138. The van der Waals surface area contributed by atoms with Gasteiger partial charge in [-0.2, -0.15) is 0 Å². The second-order valence-electron chi connectivity index (χ2n) is 6.22. The first kappa shape index (κ1) is 14.4. The Balaban J connectivity index is 1.58. The Morgan fingerprint density at radius 2 is 2.27 bits per heavy atom. The van der Waals surface area contributed by atoms with Gasteiger partial charge in [0.25, 0.3) is 0 Å². The molecule has 1 aromatic rings. The van der Waals surface area contributed by atoms with E-state index in [9.17, 15) is 14.9 Å². The molecule has 3 aliphatic rings. The highest BCUT2D eigenvalue weighted by Gasteiger charge is 2.54. The Kier molecular flexibility index (Phi) is 3.59. The van der Waals surface area contributed by atoms with Crippen LogP contribution in [0.5, 0.6) is 5.75 Å². The summed E-state index contributed by atoms with van der Waals surface area (Å²) in [6.07, 6.45) is 2.15. The van der Waals surface area contributed by atoms with Gasteiger partial charge in [0.15, 0.2) is 0 Å². The summed E-state index contributed by atoms with van der Waals surface area (Å²) in [5, 5.41) is 19.5. The van der Waals surface area contributed by atoms with Crippen LogP contribution in [0.1, 0.15) is 34.7 Å². The number of aromatic carboxylic acids is 1. The fourth-order valence-corrected chi connectivity index (χ4v) is 4.37. The van der Waals surface area contributed by atoms with Crippen molar-refractivity contribution in [1.29, 1.82) is 0 Å². The molecule has 0 amide bonds. The molecule has 2 atom stereocenters. The predicted octanol–water partition coefficient (Wildman–Crippen LogP) is 1.91. The van der Waals surface area contributed by atoms with Crippen LogP contribution in [0.25, 0.3) is 0 Å². The summed E-state index contributed by atoms with van der Waals surface area (Å²) in [5.41, 5.74) is 1.16. The second kappa shape index (κ2) is 5.47. The molecule has 5 nitrogen and oxygen atoms in total. The Morgan fingerprint density at radius 3 is 2.95 bits per heavy atom. The smallest absolute Gasteiger partial charge is 0.526 e. The lowest BCUT2D eigenvalue weighted by atomic mass is 9.77. The molecule has 1 saturated carbocycles. The maximum atomic E-state index is 11.7. The number of carbonyl (C=O) groups is 1. The van der Waals surface area contributed by atoms with E-state index in [1.807, 2.05) is 12.1 Å². The van der Waals surface area contributed by atoms with Gasteiger partial charge in [0.1, 0.15) is 11.3 Å². The monoisotopic (exact) mass is 319 g/mol. The summed E-state index contributed by atoms with van der Waals surface area (Å²) in [6, 6.07) is 3.88. The molecule has 0 aromatic heterocycles. The van der Waals surface area contributed by atoms with E-state index in [2.05, 4.69) is 4.90 Å². The Bertz CT molecular complexity index is 622. The molecule has 116 valence electrons. The van der Waals surface area contributed by atoms with Gasteiger partial charge in [0, 0.05) is 23.0 Å². The standard InChI is InChI=1S/C15H18BNO4S/c18-15(19)13-12(22-7-6-17-4-1-5-17)3-2-9-10-8-11(10)16(20)21-14(9)13/h2-3,10-11,20H,1,4-8H2,(H,18,19). The summed E-state index contributed by atoms with van der Waals surface area (Å²) in [7, 11) is -0.864. The highest BCUT2D eigenvalue weighted by molar-refractivity contribution is 7.99. The van der Waals surface area contributed by atoms with Crippen LogP contribution in [-0.4, -0.2) is 53.5 Å². The molecule has 0 radical (unpaired) electrons. The second-order valence-corrected chi connectivity index (χ2v) is 7.36. The quantitative estimate of drug-likeness (QED) is 0.638. The van der Waals surface area contributed by atoms with Crippen molar-refractivity contribution in [2.45, 2.75) is 29.5 Å². The van der Waals surface area contributed by atoms with Gasteiger partial charge in [-0.1, -0.05) is 6.07 Å². The number of rotatable bonds is 5. The van der Waals surface area contributed by atoms with Gasteiger partial charge < -0.3 is 19.7 Å². The lowest BCUT2D eigenvalue weighted by molar-refractivity contribution is 0.0690. The van der Waals surface area contributed by atoms with Crippen LogP contribution in [0.4, 0.5) is 0 Å². The highest BCUT2D eigenvalue weighted by Crippen LogP contribution is 2.60. The fourth-order valence-electron chi connectivity index (χ4n) is 3.31. The van der Waals surface area contributed by atoms with E-state index < -0.39 is 13.1 Å². The normalized spacial score (nSPS) is 25.8. The average Bonchev–Trinajstić information content (AvgIpc) is 3.21. The van der Waals surface area contributed by atoms with Gasteiger partial charge in [0.2, 0.25) is 0 Å². The molecule has 0 spiro atoms. The number of thioether (sulfide) groups is 1. The van der Waals surface area contributed by atoms with E-state index >= 15 is 0 Å². The molecular weight excluding hydrogens is 301 g/mol. The molecule has 1 aromatic carbocycles. The summed E-state index contributed by atoms with van der Waals surface area (Å²) in [4.78, 5) is 14.8. The maximum absolute atomic E-state index is 11.7. The van der Waals surface area contributed by atoms with Crippen LogP contribution in [0.15, 0.2) is 17.0 Å². The van der Waals surface area contributed by atoms with E-state index in [0.717, 1.165) is 42.3 Å². The zero-order valence-corrected chi connectivity index (χ0v) is 13.0. The number of benzene rings is 1. The number of carboxylic acids is 1. The summed E-state index contributed by atoms with van der Waals surface area (Å²) in [5.74, 6) is 0.673. The minimum Gasteiger partial charge on any atom is -0.535 e. The molecule has 2 heterocycles. The predicted molar refractivity (Wildman–Crippen MR) is 84.9 cm³/mol. The van der Waals surface area contributed by atoms with E-state index in [1.165, 1.54) is 6.42 Å². The van der Waals surface area contributed by atoms with Crippen molar-refractivity contribution in [2.75, 3.05) is 25.4 Å². The largest absolute Gasteiger partial charge is 0.535 e. The molecule has 1 saturated heterocycles. The van der Waals surface area contributed by atoms with Crippen LogP contribution in [0.2, 0.25) is 5.82 Å². The van der Waals surface area contributed by atoms with Crippen molar-refractivity contribution in [3.8, 4) is 5.75 Å². The number of carboxylic acid groups (broad SMARTS) is 1. The molecule has 2 fully saturated rings. The molecule has 22 heavy (non-hydrogen) atoms. The zero-order chi connectivity index (χ0) is 15.3. The fraction of sp³-hybridized carbons (Fsp3) is 0.533. The van der Waals surface area contributed by atoms with Gasteiger partial charge >= 0.3 is 13.1 Å². The van der Waals surface area contributed by atoms with E-state index in [1.54, 1.807) is 11.8 Å². The van der Waals surface area contributed by atoms with Gasteiger partial charge in [-0.15, -0.1) is 11.8 Å². The SMILES string of the molecule is O=C(O)c1c(SCCN2CCC2)ccc2c1OB(O)C1CC21. The van der Waals surface area contributed by atoms with Crippen LogP contribution >= 0.6 is 11.8 Å².